The van der Waals surface area contributed by atoms with Crippen LogP contribution in [0.4, 0.5) is 0 Å². The van der Waals surface area contributed by atoms with Crippen LogP contribution < -0.4 is 0 Å². The number of fused-ring (bicyclic) bond motifs is 5. The average Bonchev–Trinajstić information content (AvgIpc) is 3.33. The highest BCUT2D eigenvalue weighted by atomic mass is 15.0. The molecule has 0 aliphatic heterocycles. The van der Waals surface area contributed by atoms with Gasteiger partial charge in [-0.2, -0.15) is 0 Å². The van der Waals surface area contributed by atoms with Crippen molar-refractivity contribution in [3.8, 4) is 27.9 Å². The van der Waals surface area contributed by atoms with Crippen LogP contribution in [0.1, 0.15) is 11.1 Å². The van der Waals surface area contributed by atoms with Crippen LogP contribution in [0.5, 0.6) is 0 Å². The molecule has 0 saturated carbocycles. The Kier molecular flexibility index (Phi) is 5.33. The molecule has 0 radical (unpaired) electrons. The van der Waals surface area contributed by atoms with E-state index in [-0.39, 0.29) is 0 Å². The van der Waals surface area contributed by atoms with Gasteiger partial charge in [0.2, 0.25) is 0 Å². The van der Waals surface area contributed by atoms with Crippen molar-refractivity contribution in [3.63, 3.8) is 0 Å². The summed E-state index contributed by atoms with van der Waals surface area (Å²) in [5.41, 5.74) is 11.3. The molecule has 0 aliphatic rings. The molecule has 1 heterocycles. The van der Waals surface area contributed by atoms with Gasteiger partial charge in [0.15, 0.2) is 0 Å². The Bertz CT molecular complexity index is 2190. The minimum Gasteiger partial charge on any atom is -0.309 e. The molecule has 41 heavy (non-hydrogen) atoms. The summed E-state index contributed by atoms with van der Waals surface area (Å²) in [5, 5.41) is 7.69. The van der Waals surface area contributed by atoms with Crippen LogP contribution in [-0.4, -0.2) is 4.57 Å². The number of aromatic nitrogens is 1. The monoisotopic (exact) mass is 523 g/mol. The number of benzene rings is 7. The third-order valence-corrected chi connectivity index (χ3v) is 8.47. The molecule has 194 valence electrons. The number of aryl methyl sites for hydroxylation is 2. The van der Waals surface area contributed by atoms with Crippen molar-refractivity contribution in [1.29, 1.82) is 0 Å². The number of rotatable bonds is 3. The second-order valence-corrected chi connectivity index (χ2v) is 11.1. The van der Waals surface area contributed by atoms with Crippen molar-refractivity contribution in [2.75, 3.05) is 0 Å². The Labute approximate surface area is 239 Å². The molecule has 0 saturated heterocycles. The first-order valence-electron chi connectivity index (χ1n) is 14.3. The van der Waals surface area contributed by atoms with Gasteiger partial charge in [-0.1, -0.05) is 114 Å². The summed E-state index contributed by atoms with van der Waals surface area (Å²) in [6.07, 6.45) is 0. The van der Waals surface area contributed by atoms with Gasteiger partial charge in [-0.25, -0.2) is 0 Å². The minimum absolute atomic E-state index is 1.18. The molecule has 1 aromatic heterocycles. The van der Waals surface area contributed by atoms with Gasteiger partial charge in [0.1, 0.15) is 0 Å². The van der Waals surface area contributed by atoms with Crippen molar-refractivity contribution >= 4 is 43.4 Å². The van der Waals surface area contributed by atoms with E-state index in [0.717, 1.165) is 0 Å². The predicted molar refractivity (Wildman–Crippen MR) is 176 cm³/mol. The number of hydrogen-bond donors (Lipinski definition) is 0. The highest BCUT2D eigenvalue weighted by Crippen LogP contribution is 2.45. The third-order valence-electron chi connectivity index (χ3n) is 8.47. The fourth-order valence-corrected chi connectivity index (χ4v) is 6.67. The van der Waals surface area contributed by atoms with E-state index in [2.05, 4.69) is 158 Å². The van der Waals surface area contributed by atoms with Gasteiger partial charge in [0.25, 0.3) is 0 Å². The lowest BCUT2D eigenvalue weighted by Gasteiger charge is -2.19. The third kappa shape index (κ3) is 3.70. The predicted octanol–water partition coefficient (Wildman–Crippen LogP) is 11.0. The zero-order chi connectivity index (χ0) is 27.5. The van der Waals surface area contributed by atoms with E-state index < -0.39 is 0 Å². The first kappa shape index (κ1) is 23.7. The van der Waals surface area contributed by atoms with Crippen LogP contribution in [0.2, 0.25) is 0 Å². The van der Waals surface area contributed by atoms with Gasteiger partial charge in [-0.05, 0) is 94.0 Å². The van der Waals surface area contributed by atoms with E-state index in [4.69, 9.17) is 0 Å². The van der Waals surface area contributed by atoms with Crippen LogP contribution in [0.25, 0.3) is 71.3 Å². The van der Waals surface area contributed by atoms with Gasteiger partial charge < -0.3 is 4.57 Å². The highest BCUT2D eigenvalue weighted by Gasteiger charge is 2.19. The van der Waals surface area contributed by atoms with Crippen LogP contribution in [0.3, 0.4) is 0 Å². The normalized spacial score (nSPS) is 11.7. The van der Waals surface area contributed by atoms with E-state index in [1.54, 1.807) is 0 Å². The average molecular weight is 524 g/mol. The van der Waals surface area contributed by atoms with E-state index in [1.165, 1.54) is 82.4 Å². The molecule has 0 spiro atoms. The lowest BCUT2D eigenvalue weighted by atomic mass is 9.86. The Morgan fingerprint density at radius 1 is 0.366 bits per heavy atom. The molecule has 0 unspecified atom stereocenters. The first-order valence-corrected chi connectivity index (χ1v) is 14.3. The second-order valence-electron chi connectivity index (χ2n) is 11.1. The van der Waals surface area contributed by atoms with Crippen molar-refractivity contribution < 1.29 is 0 Å². The lowest BCUT2D eigenvalue weighted by Crippen LogP contribution is -1.96. The van der Waals surface area contributed by atoms with E-state index in [9.17, 15) is 0 Å². The van der Waals surface area contributed by atoms with E-state index in [1.807, 2.05) is 0 Å². The molecule has 1 nitrogen and oxygen atoms in total. The largest absolute Gasteiger partial charge is 0.309 e. The summed E-state index contributed by atoms with van der Waals surface area (Å²) in [6, 6.07) is 51.3. The maximum absolute atomic E-state index is 2.44. The maximum atomic E-state index is 2.44. The molecule has 1 heteroatoms. The maximum Gasteiger partial charge on any atom is 0.0541 e. The van der Waals surface area contributed by atoms with Gasteiger partial charge in [-0.15, -0.1) is 0 Å². The Balaban J connectivity index is 1.54. The van der Waals surface area contributed by atoms with Gasteiger partial charge in [-0.3, -0.25) is 0 Å². The van der Waals surface area contributed by atoms with Crippen LogP contribution in [0.15, 0.2) is 140 Å². The molecule has 0 N–H and O–H groups in total. The molecule has 7 aromatic carbocycles. The number of hydrogen-bond acceptors (Lipinski definition) is 0. The zero-order valence-electron chi connectivity index (χ0n) is 23.2. The Morgan fingerprint density at radius 3 is 1.37 bits per heavy atom. The minimum atomic E-state index is 1.18. The van der Waals surface area contributed by atoms with Crippen LogP contribution >= 0.6 is 0 Å². The topological polar surface area (TPSA) is 4.93 Å². The smallest absolute Gasteiger partial charge is 0.0541 e. The summed E-state index contributed by atoms with van der Waals surface area (Å²) >= 11 is 0. The fourth-order valence-electron chi connectivity index (χ4n) is 6.67. The van der Waals surface area contributed by atoms with Gasteiger partial charge in [0.05, 0.1) is 11.0 Å². The molecular formula is C40H29N. The molecular weight excluding hydrogens is 494 g/mol. The zero-order valence-corrected chi connectivity index (χ0v) is 23.2. The van der Waals surface area contributed by atoms with Crippen molar-refractivity contribution in [2.45, 2.75) is 13.8 Å². The summed E-state index contributed by atoms with van der Waals surface area (Å²) in [6.45, 7) is 4.35. The molecule has 8 aromatic rings. The Hall–Kier alpha value is -5.14. The van der Waals surface area contributed by atoms with Crippen LogP contribution in [0, 0.1) is 13.8 Å². The van der Waals surface area contributed by atoms with Crippen molar-refractivity contribution in [3.05, 3.63) is 151 Å². The molecule has 0 bridgehead atoms. The van der Waals surface area contributed by atoms with Gasteiger partial charge in [0, 0.05) is 16.5 Å². The summed E-state index contributed by atoms with van der Waals surface area (Å²) in [5.74, 6) is 0. The SMILES string of the molecule is Cc1ccc2c(c1)c1cc(C)ccc1n2-c1ccc2c(-c3ccccc3)c3ccccc3c(-c3ccccc3)c2c1. The lowest BCUT2D eigenvalue weighted by molar-refractivity contribution is 1.18. The van der Waals surface area contributed by atoms with E-state index >= 15 is 0 Å². The highest BCUT2D eigenvalue weighted by molar-refractivity contribution is 6.22. The van der Waals surface area contributed by atoms with Crippen molar-refractivity contribution in [2.24, 2.45) is 0 Å². The summed E-state index contributed by atoms with van der Waals surface area (Å²) in [7, 11) is 0. The molecule has 8 rings (SSSR count). The first-order chi connectivity index (χ1) is 20.2. The fraction of sp³-hybridized carbons (Fsp3) is 0.0500. The molecule has 0 atom stereocenters. The molecule has 0 amide bonds. The van der Waals surface area contributed by atoms with E-state index in [0.29, 0.717) is 0 Å². The van der Waals surface area contributed by atoms with Gasteiger partial charge >= 0.3 is 0 Å². The van der Waals surface area contributed by atoms with Crippen molar-refractivity contribution in [1.82, 2.24) is 4.57 Å². The standard InChI is InChI=1S/C40H29N/c1-26-17-21-37-34(23-26)35-24-27(2)18-22-38(35)41(37)30-19-20-33-36(25-30)40(29-13-7-4-8-14-29)32-16-10-9-15-31(32)39(33)28-11-5-3-6-12-28/h3-25H,1-2H3. The molecule has 0 aliphatic carbocycles. The summed E-state index contributed by atoms with van der Waals surface area (Å²) in [4.78, 5) is 0. The Morgan fingerprint density at radius 2 is 0.829 bits per heavy atom. The summed E-state index contributed by atoms with van der Waals surface area (Å²) < 4.78 is 2.44. The second kappa shape index (κ2) is 9.21. The number of nitrogens with zero attached hydrogens (tertiary/aromatic N) is 1. The quantitative estimate of drug-likeness (QED) is 0.203. The van der Waals surface area contributed by atoms with Crippen LogP contribution in [-0.2, 0) is 0 Å². The molecule has 0 fully saturated rings.